The molecule has 0 amide bonds. The zero-order valence-corrected chi connectivity index (χ0v) is 7.73. The summed E-state index contributed by atoms with van der Waals surface area (Å²) in [5.74, 6) is -0.958. The van der Waals surface area contributed by atoms with Crippen molar-refractivity contribution in [2.45, 2.75) is 25.0 Å². The Hall–Kier alpha value is -0.650. The van der Waals surface area contributed by atoms with Gasteiger partial charge in [0.05, 0.1) is 6.10 Å². The molecule has 4 N–H and O–H groups in total. The molecule has 1 aliphatic heterocycles. The van der Waals surface area contributed by atoms with Crippen molar-refractivity contribution in [1.29, 1.82) is 0 Å². The standard InChI is InChI=1S/C8H16N2O3/c1-6(11)4-10-3-2-8(9,5-10)7(12)13/h6,11H,2-5,9H2,1H3,(H,12,13). The first-order valence-electron chi connectivity index (χ1n) is 4.37. The fourth-order valence-electron chi connectivity index (χ4n) is 1.62. The average Bonchev–Trinajstić information content (AvgIpc) is 2.32. The number of nitrogens with two attached hydrogens (primary N) is 1. The molecule has 5 heteroatoms. The summed E-state index contributed by atoms with van der Waals surface area (Å²) in [4.78, 5) is 12.6. The van der Waals surface area contributed by atoms with E-state index >= 15 is 0 Å². The maximum absolute atomic E-state index is 10.7. The number of likely N-dealkylation sites (tertiary alicyclic amines) is 1. The van der Waals surface area contributed by atoms with Gasteiger partial charge in [-0.1, -0.05) is 0 Å². The smallest absolute Gasteiger partial charge is 0.325 e. The molecular formula is C8H16N2O3. The molecule has 1 fully saturated rings. The highest BCUT2D eigenvalue weighted by Crippen LogP contribution is 2.18. The van der Waals surface area contributed by atoms with E-state index in [4.69, 9.17) is 15.9 Å². The Morgan fingerprint density at radius 3 is 2.77 bits per heavy atom. The third-order valence-corrected chi connectivity index (χ3v) is 2.33. The van der Waals surface area contributed by atoms with Gasteiger partial charge in [0.15, 0.2) is 0 Å². The highest BCUT2D eigenvalue weighted by Gasteiger charge is 2.41. The van der Waals surface area contributed by atoms with Gasteiger partial charge in [0.25, 0.3) is 0 Å². The lowest BCUT2D eigenvalue weighted by Gasteiger charge is -2.20. The highest BCUT2D eigenvalue weighted by atomic mass is 16.4. The largest absolute Gasteiger partial charge is 0.480 e. The van der Waals surface area contributed by atoms with Crippen LogP contribution in [0, 0.1) is 0 Å². The van der Waals surface area contributed by atoms with Gasteiger partial charge in [-0.05, 0) is 13.3 Å². The molecule has 0 spiro atoms. The quantitative estimate of drug-likeness (QED) is 0.521. The summed E-state index contributed by atoms with van der Waals surface area (Å²) in [5, 5.41) is 17.9. The third kappa shape index (κ3) is 2.40. The topological polar surface area (TPSA) is 86.8 Å². The Bertz CT molecular complexity index is 208. The summed E-state index contributed by atoms with van der Waals surface area (Å²) >= 11 is 0. The number of carboxylic acids is 1. The van der Waals surface area contributed by atoms with Crippen LogP contribution in [0.25, 0.3) is 0 Å². The summed E-state index contributed by atoms with van der Waals surface area (Å²) in [6, 6.07) is 0. The third-order valence-electron chi connectivity index (χ3n) is 2.33. The van der Waals surface area contributed by atoms with Gasteiger partial charge in [-0.25, -0.2) is 0 Å². The molecule has 1 heterocycles. The first-order valence-corrected chi connectivity index (χ1v) is 4.37. The van der Waals surface area contributed by atoms with Crippen molar-refractivity contribution < 1.29 is 15.0 Å². The van der Waals surface area contributed by atoms with E-state index in [9.17, 15) is 4.79 Å². The molecule has 0 bridgehead atoms. The average molecular weight is 188 g/mol. The molecule has 0 radical (unpaired) electrons. The van der Waals surface area contributed by atoms with Crippen LogP contribution >= 0.6 is 0 Å². The Labute approximate surface area is 77.1 Å². The number of hydrogen-bond donors (Lipinski definition) is 3. The van der Waals surface area contributed by atoms with Crippen LogP contribution in [0.1, 0.15) is 13.3 Å². The molecule has 0 aromatic heterocycles. The number of aliphatic carboxylic acids is 1. The number of aliphatic hydroxyl groups excluding tert-OH is 1. The van der Waals surface area contributed by atoms with Crippen LogP contribution in [-0.2, 0) is 4.79 Å². The van der Waals surface area contributed by atoms with E-state index in [1.807, 2.05) is 4.90 Å². The normalized spacial score (nSPS) is 31.9. The predicted octanol–water partition coefficient (Wildman–Crippen LogP) is -1.14. The summed E-state index contributed by atoms with van der Waals surface area (Å²) < 4.78 is 0. The van der Waals surface area contributed by atoms with Crippen molar-refractivity contribution in [2.24, 2.45) is 5.73 Å². The van der Waals surface area contributed by atoms with Crippen molar-refractivity contribution >= 4 is 5.97 Å². The van der Waals surface area contributed by atoms with Gasteiger partial charge in [0, 0.05) is 19.6 Å². The lowest BCUT2D eigenvalue weighted by Crippen LogP contribution is -2.50. The van der Waals surface area contributed by atoms with Gasteiger partial charge in [0.1, 0.15) is 5.54 Å². The molecule has 0 aliphatic carbocycles. The number of rotatable bonds is 3. The molecule has 0 aromatic rings. The summed E-state index contributed by atoms with van der Waals surface area (Å²) in [7, 11) is 0. The van der Waals surface area contributed by atoms with Gasteiger partial charge in [0.2, 0.25) is 0 Å². The monoisotopic (exact) mass is 188 g/mol. The SMILES string of the molecule is CC(O)CN1CCC(N)(C(=O)O)C1. The van der Waals surface area contributed by atoms with Crippen LogP contribution in [0.2, 0.25) is 0 Å². The highest BCUT2D eigenvalue weighted by molar-refractivity contribution is 5.79. The van der Waals surface area contributed by atoms with Crippen LogP contribution in [-0.4, -0.2) is 52.4 Å². The Kier molecular flexibility index (Phi) is 2.90. The van der Waals surface area contributed by atoms with Gasteiger partial charge >= 0.3 is 5.97 Å². The van der Waals surface area contributed by atoms with Gasteiger partial charge in [-0.2, -0.15) is 0 Å². The van der Waals surface area contributed by atoms with Gasteiger partial charge < -0.3 is 15.9 Å². The Morgan fingerprint density at radius 1 is 1.77 bits per heavy atom. The van der Waals surface area contributed by atoms with E-state index < -0.39 is 17.6 Å². The van der Waals surface area contributed by atoms with Crippen LogP contribution < -0.4 is 5.73 Å². The van der Waals surface area contributed by atoms with Gasteiger partial charge in [-0.15, -0.1) is 0 Å². The van der Waals surface area contributed by atoms with E-state index in [0.29, 0.717) is 26.1 Å². The van der Waals surface area contributed by atoms with Gasteiger partial charge in [-0.3, -0.25) is 9.69 Å². The Balaban J connectivity index is 2.48. The Morgan fingerprint density at radius 2 is 2.38 bits per heavy atom. The molecule has 76 valence electrons. The molecule has 0 saturated carbocycles. The number of carbonyl (C=O) groups is 1. The molecule has 2 unspecified atom stereocenters. The lowest BCUT2D eigenvalue weighted by molar-refractivity contribution is -0.142. The molecular weight excluding hydrogens is 172 g/mol. The minimum atomic E-state index is -1.12. The molecule has 13 heavy (non-hydrogen) atoms. The fourth-order valence-corrected chi connectivity index (χ4v) is 1.62. The molecule has 2 atom stereocenters. The zero-order valence-electron chi connectivity index (χ0n) is 7.73. The number of hydrogen-bond acceptors (Lipinski definition) is 4. The molecule has 1 saturated heterocycles. The maximum Gasteiger partial charge on any atom is 0.325 e. The lowest BCUT2D eigenvalue weighted by atomic mass is 10.0. The van der Waals surface area contributed by atoms with Crippen LogP contribution in [0.4, 0.5) is 0 Å². The fraction of sp³-hybridized carbons (Fsp3) is 0.875. The minimum absolute atomic E-state index is 0.327. The van der Waals surface area contributed by atoms with Crippen molar-refractivity contribution in [3.8, 4) is 0 Å². The second-order valence-corrected chi connectivity index (χ2v) is 3.80. The molecule has 5 nitrogen and oxygen atoms in total. The number of nitrogens with zero attached hydrogens (tertiary/aromatic N) is 1. The first kappa shape index (κ1) is 10.4. The maximum atomic E-state index is 10.7. The van der Waals surface area contributed by atoms with Crippen LogP contribution in [0.5, 0.6) is 0 Å². The van der Waals surface area contributed by atoms with E-state index in [2.05, 4.69) is 0 Å². The van der Waals surface area contributed by atoms with E-state index in [1.54, 1.807) is 6.92 Å². The van der Waals surface area contributed by atoms with E-state index in [1.165, 1.54) is 0 Å². The summed E-state index contributed by atoms with van der Waals surface area (Å²) in [5.41, 5.74) is 4.53. The van der Waals surface area contributed by atoms with Crippen molar-refractivity contribution in [3.05, 3.63) is 0 Å². The van der Waals surface area contributed by atoms with Crippen LogP contribution in [0.15, 0.2) is 0 Å². The van der Waals surface area contributed by atoms with Crippen LogP contribution in [0.3, 0.4) is 0 Å². The molecule has 1 aliphatic rings. The first-order chi connectivity index (χ1) is 5.94. The summed E-state index contributed by atoms with van der Waals surface area (Å²) in [6.07, 6.45) is 0.0193. The zero-order chi connectivity index (χ0) is 10.1. The second-order valence-electron chi connectivity index (χ2n) is 3.80. The molecule has 0 aromatic carbocycles. The van der Waals surface area contributed by atoms with E-state index in [0.717, 1.165) is 0 Å². The van der Waals surface area contributed by atoms with Crippen molar-refractivity contribution in [2.75, 3.05) is 19.6 Å². The van der Waals surface area contributed by atoms with Crippen molar-refractivity contribution in [1.82, 2.24) is 4.90 Å². The predicted molar refractivity (Wildman–Crippen MR) is 47.3 cm³/mol. The number of aliphatic hydroxyl groups is 1. The second kappa shape index (κ2) is 3.61. The number of carboxylic acid groups (broad SMARTS) is 1. The van der Waals surface area contributed by atoms with E-state index in [-0.39, 0.29) is 0 Å². The number of β-amino-alcohol motifs (C(OH)–C–C–N with tert-alkyl or cyclic N) is 1. The van der Waals surface area contributed by atoms with Crippen molar-refractivity contribution in [3.63, 3.8) is 0 Å². The summed E-state index contributed by atoms with van der Waals surface area (Å²) in [6.45, 7) is 3.14. The molecule has 1 rings (SSSR count). The minimum Gasteiger partial charge on any atom is -0.480 e.